The Bertz CT molecular complexity index is 1070. The molecule has 0 atom stereocenters. The van der Waals surface area contributed by atoms with Crippen molar-refractivity contribution in [2.24, 2.45) is 5.10 Å². The second-order valence-corrected chi connectivity index (χ2v) is 6.09. The van der Waals surface area contributed by atoms with E-state index >= 15 is 0 Å². The maximum atomic E-state index is 12.9. The molecular weight excluding hydrogens is 383 g/mol. The predicted octanol–water partition coefficient (Wildman–Crippen LogP) is 3.74. The van der Waals surface area contributed by atoms with Crippen molar-refractivity contribution in [3.05, 3.63) is 83.4 Å². The Morgan fingerprint density at radius 3 is 2.41 bits per heavy atom. The normalized spacial score (nSPS) is 11.6. The van der Waals surface area contributed by atoms with Gasteiger partial charge >= 0.3 is 6.18 Å². The van der Waals surface area contributed by atoms with Gasteiger partial charge in [0.1, 0.15) is 0 Å². The summed E-state index contributed by atoms with van der Waals surface area (Å²) in [5, 5.41) is 7.64. The fraction of sp³-hybridized carbons (Fsp3) is 0.0952. The summed E-state index contributed by atoms with van der Waals surface area (Å²) in [7, 11) is 0. The van der Waals surface area contributed by atoms with Crippen LogP contribution in [0.3, 0.4) is 0 Å². The Hall–Kier alpha value is -3.68. The highest BCUT2D eigenvalue weighted by Gasteiger charge is 2.32. The molecular formula is C21H16F3N3O2. The molecule has 0 unspecified atom stereocenters. The Kier molecular flexibility index (Phi) is 5.92. The van der Waals surface area contributed by atoms with E-state index in [9.17, 15) is 22.8 Å². The molecule has 0 heterocycles. The summed E-state index contributed by atoms with van der Waals surface area (Å²) in [6.45, 7) is -0.375. The van der Waals surface area contributed by atoms with Crippen molar-refractivity contribution in [1.82, 2.24) is 10.7 Å². The fourth-order valence-corrected chi connectivity index (χ4v) is 2.76. The van der Waals surface area contributed by atoms with Gasteiger partial charge in [-0.1, -0.05) is 54.6 Å². The third-order valence-electron chi connectivity index (χ3n) is 4.10. The van der Waals surface area contributed by atoms with E-state index in [1.807, 2.05) is 18.2 Å². The summed E-state index contributed by atoms with van der Waals surface area (Å²) in [6, 6.07) is 17.4. The van der Waals surface area contributed by atoms with E-state index in [1.165, 1.54) is 18.2 Å². The van der Waals surface area contributed by atoms with Crippen LogP contribution in [0.25, 0.3) is 10.8 Å². The van der Waals surface area contributed by atoms with E-state index in [4.69, 9.17) is 0 Å². The van der Waals surface area contributed by atoms with Gasteiger partial charge in [0.05, 0.1) is 18.3 Å². The molecule has 3 aromatic rings. The number of rotatable bonds is 5. The summed E-state index contributed by atoms with van der Waals surface area (Å²) < 4.78 is 38.8. The van der Waals surface area contributed by atoms with Crippen LogP contribution in [0.4, 0.5) is 13.2 Å². The van der Waals surface area contributed by atoms with Gasteiger partial charge in [-0.05, 0) is 22.9 Å². The lowest BCUT2D eigenvalue weighted by Gasteiger charge is -2.09. The number of carbonyl (C=O) groups excluding carboxylic acids is 2. The molecule has 8 heteroatoms. The number of hydrogen-bond donors (Lipinski definition) is 2. The van der Waals surface area contributed by atoms with Crippen molar-refractivity contribution < 1.29 is 22.8 Å². The van der Waals surface area contributed by atoms with Gasteiger partial charge < -0.3 is 5.32 Å². The number of hydrogen-bond acceptors (Lipinski definition) is 3. The molecule has 148 valence electrons. The molecule has 0 saturated heterocycles. The average Bonchev–Trinajstić information content (AvgIpc) is 2.71. The van der Waals surface area contributed by atoms with Crippen LogP contribution in [0, 0.1) is 0 Å². The minimum atomic E-state index is -4.53. The van der Waals surface area contributed by atoms with E-state index in [1.54, 1.807) is 24.3 Å². The molecule has 0 aliphatic carbocycles. The zero-order chi connectivity index (χ0) is 20.9. The first-order valence-corrected chi connectivity index (χ1v) is 8.60. The first kappa shape index (κ1) is 20.1. The third kappa shape index (κ3) is 4.98. The molecule has 3 aromatic carbocycles. The van der Waals surface area contributed by atoms with Crippen LogP contribution in [-0.4, -0.2) is 24.6 Å². The third-order valence-corrected chi connectivity index (χ3v) is 4.10. The minimum absolute atomic E-state index is 0.180. The highest BCUT2D eigenvalue weighted by Crippen LogP contribution is 2.31. The number of carbonyl (C=O) groups is 2. The molecule has 0 spiro atoms. The molecule has 0 aromatic heterocycles. The lowest BCUT2D eigenvalue weighted by molar-refractivity contribution is -0.137. The molecule has 0 saturated carbocycles. The lowest BCUT2D eigenvalue weighted by Crippen LogP contribution is -2.35. The maximum absolute atomic E-state index is 12.9. The van der Waals surface area contributed by atoms with Crippen molar-refractivity contribution in [3.8, 4) is 0 Å². The highest BCUT2D eigenvalue weighted by atomic mass is 19.4. The zero-order valence-electron chi connectivity index (χ0n) is 15.0. The van der Waals surface area contributed by atoms with Crippen molar-refractivity contribution in [2.75, 3.05) is 6.54 Å². The van der Waals surface area contributed by atoms with Crippen LogP contribution in [0.2, 0.25) is 0 Å². The SMILES string of the molecule is O=C(CNC(=O)c1cccc2ccccc12)N/N=C/c1ccccc1C(F)(F)F. The monoisotopic (exact) mass is 399 g/mol. The summed E-state index contributed by atoms with van der Waals surface area (Å²) in [4.78, 5) is 24.2. The Balaban J connectivity index is 1.59. The quantitative estimate of drug-likeness (QED) is 0.507. The molecule has 2 N–H and O–H groups in total. The van der Waals surface area contributed by atoms with Gasteiger partial charge in [0.25, 0.3) is 11.8 Å². The van der Waals surface area contributed by atoms with E-state index in [2.05, 4.69) is 15.8 Å². The molecule has 3 rings (SSSR count). The van der Waals surface area contributed by atoms with Gasteiger partial charge in [-0.3, -0.25) is 9.59 Å². The number of alkyl halides is 3. The van der Waals surface area contributed by atoms with Crippen molar-refractivity contribution in [3.63, 3.8) is 0 Å². The molecule has 0 aliphatic rings. The summed E-state index contributed by atoms with van der Waals surface area (Å²) >= 11 is 0. The first-order valence-electron chi connectivity index (χ1n) is 8.60. The summed E-state index contributed by atoms with van der Waals surface area (Å²) in [5.74, 6) is -1.11. The standard InChI is InChI=1S/C21H16F3N3O2/c22-21(23,24)18-11-4-2-7-15(18)12-26-27-19(28)13-25-20(29)17-10-5-8-14-6-1-3-9-16(14)17/h1-12H,13H2,(H,25,29)(H,27,28)/b26-12+. The van der Waals surface area contributed by atoms with Gasteiger partial charge in [0, 0.05) is 11.1 Å². The average molecular weight is 399 g/mol. The number of hydrazone groups is 1. The van der Waals surface area contributed by atoms with Gasteiger partial charge in [-0.2, -0.15) is 18.3 Å². The molecule has 2 amide bonds. The van der Waals surface area contributed by atoms with E-state index in [0.29, 0.717) is 5.56 Å². The van der Waals surface area contributed by atoms with Crippen LogP contribution in [0.15, 0.2) is 71.8 Å². The van der Waals surface area contributed by atoms with Gasteiger partial charge in [-0.25, -0.2) is 5.43 Å². The fourth-order valence-electron chi connectivity index (χ4n) is 2.76. The Morgan fingerprint density at radius 1 is 0.931 bits per heavy atom. The second kappa shape index (κ2) is 8.55. The lowest BCUT2D eigenvalue weighted by atomic mass is 10.0. The van der Waals surface area contributed by atoms with Crippen LogP contribution in [0.5, 0.6) is 0 Å². The molecule has 0 aliphatic heterocycles. The largest absolute Gasteiger partial charge is 0.417 e. The number of fused-ring (bicyclic) bond motifs is 1. The zero-order valence-corrected chi connectivity index (χ0v) is 15.0. The van der Waals surface area contributed by atoms with Gasteiger partial charge in [0.15, 0.2) is 0 Å². The molecule has 0 radical (unpaired) electrons. The highest BCUT2D eigenvalue weighted by molar-refractivity contribution is 6.07. The van der Waals surface area contributed by atoms with E-state index in [-0.39, 0.29) is 12.1 Å². The maximum Gasteiger partial charge on any atom is 0.417 e. The van der Waals surface area contributed by atoms with Crippen molar-refractivity contribution in [1.29, 1.82) is 0 Å². The first-order chi connectivity index (χ1) is 13.9. The Morgan fingerprint density at radius 2 is 1.62 bits per heavy atom. The number of nitrogens with zero attached hydrogens (tertiary/aromatic N) is 1. The summed E-state index contributed by atoms with van der Waals surface area (Å²) in [6.07, 6.45) is -3.62. The van der Waals surface area contributed by atoms with Crippen molar-refractivity contribution in [2.45, 2.75) is 6.18 Å². The molecule has 29 heavy (non-hydrogen) atoms. The summed E-state index contributed by atoms with van der Waals surface area (Å²) in [5.41, 5.74) is 1.48. The van der Waals surface area contributed by atoms with Gasteiger partial charge in [0.2, 0.25) is 0 Å². The van der Waals surface area contributed by atoms with E-state index < -0.39 is 23.6 Å². The van der Waals surface area contributed by atoms with Crippen LogP contribution in [-0.2, 0) is 11.0 Å². The molecule has 5 nitrogen and oxygen atoms in total. The number of benzene rings is 3. The van der Waals surface area contributed by atoms with Crippen LogP contribution >= 0.6 is 0 Å². The van der Waals surface area contributed by atoms with Gasteiger partial charge in [-0.15, -0.1) is 0 Å². The van der Waals surface area contributed by atoms with Crippen LogP contribution < -0.4 is 10.7 Å². The van der Waals surface area contributed by atoms with E-state index in [0.717, 1.165) is 23.1 Å². The number of nitrogens with one attached hydrogen (secondary N) is 2. The number of amides is 2. The minimum Gasteiger partial charge on any atom is -0.343 e. The molecule has 0 bridgehead atoms. The second-order valence-electron chi connectivity index (χ2n) is 6.09. The number of halogens is 3. The topological polar surface area (TPSA) is 70.6 Å². The van der Waals surface area contributed by atoms with Crippen LogP contribution in [0.1, 0.15) is 21.5 Å². The molecule has 0 fully saturated rings. The Labute approximate surface area is 164 Å². The smallest absolute Gasteiger partial charge is 0.343 e. The van der Waals surface area contributed by atoms with Crippen molar-refractivity contribution >= 4 is 28.8 Å². The predicted molar refractivity (Wildman–Crippen MR) is 103 cm³/mol.